The maximum Gasteiger partial charge on any atom is 0.407 e. The first-order valence-electron chi connectivity index (χ1n) is 7.38. The molecule has 0 aliphatic heterocycles. The van der Waals surface area contributed by atoms with Gasteiger partial charge in [0, 0.05) is 26.6 Å². The molecule has 5 heteroatoms. The highest BCUT2D eigenvalue weighted by Crippen LogP contribution is 2.27. The van der Waals surface area contributed by atoms with Crippen molar-refractivity contribution in [2.45, 2.75) is 64.5 Å². The van der Waals surface area contributed by atoms with E-state index in [1.807, 2.05) is 20.8 Å². The molecule has 1 rings (SSSR count). The van der Waals surface area contributed by atoms with Crippen LogP contribution in [0, 0.1) is 5.92 Å². The fraction of sp³-hybridized carbons (Fsp3) is 0.867. The SMILES string of the molecule is CN(C)C(=O)C[C@@H]1CCCC[C@H]1NC(=O)OC(C)(C)C. The topological polar surface area (TPSA) is 58.6 Å². The predicted molar refractivity (Wildman–Crippen MR) is 78.4 cm³/mol. The highest BCUT2D eigenvalue weighted by molar-refractivity contribution is 5.76. The Bertz CT molecular complexity index is 348. The Balaban J connectivity index is 2.56. The van der Waals surface area contributed by atoms with Crippen molar-refractivity contribution in [1.29, 1.82) is 0 Å². The summed E-state index contributed by atoms with van der Waals surface area (Å²) in [6.45, 7) is 5.54. The number of ether oxygens (including phenoxy) is 1. The van der Waals surface area contributed by atoms with Gasteiger partial charge in [0.1, 0.15) is 5.60 Å². The zero-order valence-corrected chi connectivity index (χ0v) is 13.4. The Morgan fingerprint density at radius 1 is 1.20 bits per heavy atom. The minimum absolute atomic E-state index is 0.0440. The number of carbonyl (C=O) groups is 2. The molecule has 2 amide bonds. The van der Waals surface area contributed by atoms with Crippen LogP contribution in [0.5, 0.6) is 0 Å². The summed E-state index contributed by atoms with van der Waals surface area (Å²) in [6, 6.07) is 0.0440. The fourth-order valence-corrected chi connectivity index (χ4v) is 2.51. The van der Waals surface area contributed by atoms with Crippen LogP contribution >= 0.6 is 0 Å². The van der Waals surface area contributed by atoms with Crippen molar-refractivity contribution in [2.24, 2.45) is 5.92 Å². The van der Waals surface area contributed by atoms with Crippen molar-refractivity contribution in [3.05, 3.63) is 0 Å². The summed E-state index contributed by atoms with van der Waals surface area (Å²) in [6.07, 6.45) is 4.23. The van der Waals surface area contributed by atoms with E-state index in [1.165, 1.54) is 0 Å². The second-order valence-corrected chi connectivity index (χ2v) is 6.79. The monoisotopic (exact) mass is 284 g/mol. The van der Waals surface area contributed by atoms with Crippen LogP contribution in [0.2, 0.25) is 0 Å². The fourth-order valence-electron chi connectivity index (χ4n) is 2.51. The first-order chi connectivity index (χ1) is 9.19. The Hall–Kier alpha value is -1.26. The van der Waals surface area contributed by atoms with E-state index in [4.69, 9.17) is 4.74 Å². The minimum Gasteiger partial charge on any atom is -0.444 e. The van der Waals surface area contributed by atoms with Crippen LogP contribution in [0.1, 0.15) is 52.9 Å². The van der Waals surface area contributed by atoms with Gasteiger partial charge in [-0.2, -0.15) is 0 Å². The molecule has 1 saturated carbocycles. The zero-order chi connectivity index (χ0) is 15.3. The van der Waals surface area contributed by atoms with E-state index < -0.39 is 5.60 Å². The van der Waals surface area contributed by atoms with Gasteiger partial charge >= 0.3 is 6.09 Å². The van der Waals surface area contributed by atoms with Crippen molar-refractivity contribution >= 4 is 12.0 Å². The van der Waals surface area contributed by atoms with Gasteiger partial charge in [-0.1, -0.05) is 12.8 Å². The third-order valence-corrected chi connectivity index (χ3v) is 3.55. The number of alkyl carbamates (subject to hydrolysis) is 1. The highest BCUT2D eigenvalue weighted by Gasteiger charge is 2.30. The van der Waals surface area contributed by atoms with Crippen LogP contribution in [-0.2, 0) is 9.53 Å². The van der Waals surface area contributed by atoms with Gasteiger partial charge in [0.2, 0.25) is 5.91 Å². The van der Waals surface area contributed by atoms with Gasteiger partial charge in [-0.25, -0.2) is 4.79 Å². The van der Waals surface area contributed by atoms with Crippen molar-refractivity contribution < 1.29 is 14.3 Å². The molecule has 0 aromatic carbocycles. The lowest BCUT2D eigenvalue weighted by molar-refractivity contribution is -0.130. The van der Waals surface area contributed by atoms with E-state index in [0.29, 0.717) is 6.42 Å². The van der Waals surface area contributed by atoms with E-state index in [-0.39, 0.29) is 24.0 Å². The van der Waals surface area contributed by atoms with Gasteiger partial charge < -0.3 is 15.0 Å². The smallest absolute Gasteiger partial charge is 0.407 e. The quantitative estimate of drug-likeness (QED) is 0.866. The normalized spacial score (nSPS) is 23.1. The Morgan fingerprint density at radius 3 is 2.35 bits per heavy atom. The molecule has 1 aliphatic rings. The Kier molecular flexibility index (Phi) is 5.84. The number of hydrogen-bond donors (Lipinski definition) is 1. The van der Waals surface area contributed by atoms with Gasteiger partial charge in [0.15, 0.2) is 0 Å². The molecule has 0 heterocycles. The second kappa shape index (κ2) is 6.95. The molecular formula is C15H28N2O3. The van der Waals surface area contributed by atoms with Crippen LogP contribution in [0.4, 0.5) is 4.79 Å². The summed E-state index contributed by atoms with van der Waals surface area (Å²) in [5.41, 5.74) is -0.492. The van der Waals surface area contributed by atoms with Crippen LogP contribution < -0.4 is 5.32 Å². The lowest BCUT2D eigenvalue weighted by Crippen LogP contribution is -2.45. The van der Waals surface area contributed by atoms with Crippen LogP contribution in [-0.4, -0.2) is 42.6 Å². The third-order valence-electron chi connectivity index (χ3n) is 3.55. The molecular weight excluding hydrogens is 256 g/mol. The summed E-state index contributed by atoms with van der Waals surface area (Å²) < 4.78 is 5.30. The van der Waals surface area contributed by atoms with Gasteiger partial charge in [-0.05, 0) is 39.5 Å². The van der Waals surface area contributed by atoms with Crippen LogP contribution in [0.3, 0.4) is 0 Å². The highest BCUT2D eigenvalue weighted by atomic mass is 16.6. The summed E-state index contributed by atoms with van der Waals surface area (Å²) in [4.78, 5) is 25.3. The van der Waals surface area contributed by atoms with E-state index >= 15 is 0 Å². The number of rotatable bonds is 3. The van der Waals surface area contributed by atoms with Gasteiger partial charge in [0.05, 0.1) is 0 Å². The van der Waals surface area contributed by atoms with Gasteiger partial charge in [-0.15, -0.1) is 0 Å². The maximum absolute atomic E-state index is 11.9. The van der Waals surface area contributed by atoms with Crippen LogP contribution in [0.15, 0.2) is 0 Å². The van der Waals surface area contributed by atoms with Crippen LogP contribution in [0.25, 0.3) is 0 Å². The average Bonchev–Trinajstić information content (AvgIpc) is 2.28. The largest absolute Gasteiger partial charge is 0.444 e. The third kappa shape index (κ3) is 5.80. The number of nitrogens with one attached hydrogen (secondary N) is 1. The maximum atomic E-state index is 11.9. The van der Waals surface area contributed by atoms with Gasteiger partial charge in [-0.3, -0.25) is 4.79 Å². The molecule has 1 fully saturated rings. The van der Waals surface area contributed by atoms with Gasteiger partial charge in [0.25, 0.3) is 0 Å². The van der Waals surface area contributed by atoms with Crippen molar-refractivity contribution in [2.75, 3.05) is 14.1 Å². The lowest BCUT2D eigenvalue weighted by Gasteiger charge is -2.33. The second-order valence-electron chi connectivity index (χ2n) is 6.79. The zero-order valence-electron chi connectivity index (χ0n) is 13.4. The van der Waals surface area contributed by atoms with Crippen molar-refractivity contribution in [3.63, 3.8) is 0 Å². The summed E-state index contributed by atoms with van der Waals surface area (Å²) in [5, 5.41) is 2.94. The number of carbonyl (C=O) groups excluding carboxylic acids is 2. The number of nitrogens with zero attached hydrogens (tertiary/aromatic N) is 1. The van der Waals surface area contributed by atoms with E-state index in [0.717, 1.165) is 25.7 Å². The molecule has 0 saturated heterocycles. The molecule has 0 radical (unpaired) electrons. The molecule has 1 N–H and O–H groups in total. The molecule has 0 aromatic heterocycles. The lowest BCUT2D eigenvalue weighted by atomic mass is 9.82. The minimum atomic E-state index is -0.492. The molecule has 0 unspecified atom stereocenters. The van der Waals surface area contributed by atoms with Crippen molar-refractivity contribution in [1.82, 2.24) is 10.2 Å². The van der Waals surface area contributed by atoms with E-state index in [2.05, 4.69) is 5.32 Å². The summed E-state index contributed by atoms with van der Waals surface area (Å²) in [7, 11) is 3.53. The molecule has 0 bridgehead atoms. The molecule has 0 aromatic rings. The Labute approximate surface area is 122 Å². The molecule has 1 aliphatic carbocycles. The average molecular weight is 284 g/mol. The van der Waals surface area contributed by atoms with E-state index in [9.17, 15) is 9.59 Å². The predicted octanol–water partition coefficient (Wildman–Crippen LogP) is 2.55. The Morgan fingerprint density at radius 2 is 1.80 bits per heavy atom. The standard InChI is InChI=1S/C15H28N2O3/c1-15(2,3)20-14(19)16-12-9-7-6-8-11(12)10-13(18)17(4)5/h11-12H,6-10H2,1-5H3,(H,16,19)/t11-,12+/m0/s1. The first-order valence-corrected chi connectivity index (χ1v) is 7.38. The van der Waals surface area contributed by atoms with E-state index in [1.54, 1.807) is 19.0 Å². The molecule has 2 atom stereocenters. The number of amides is 2. The molecule has 0 spiro atoms. The molecule has 116 valence electrons. The molecule has 20 heavy (non-hydrogen) atoms. The first kappa shape index (κ1) is 16.8. The summed E-state index contributed by atoms with van der Waals surface area (Å²) in [5.74, 6) is 0.332. The molecule has 5 nitrogen and oxygen atoms in total. The number of hydrogen-bond acceptors (Lipinski definition) is 3. The summed E-state index contributed by atoms with van der Waals surface area (Å²) >= 11 is 0. The van der Waals surface area contributed by atoms with Crippen molar-refractivity contribution in [3.8, 4) is 0 Å².